The molecule has 0 radical (unpaired) electrons. The average molecular weight is 462 g/mol. The molecule has 2 heterocycles. The van der Waals surface area contributed by atoms with Crippen LogP contribution < -0.4 is 14.8 Å². The van der Waals surface area contributed by atoms with Gasteiger partial charge in [0.25, 0.3) is 0 Å². The molecule has 1 unspecified atom stereocenters. The second-order valence-corrected chi connectivity index (χ2v) is 8.90. The minimum atomic E-state index is -0.381. The number of amides is 1. The molecule has 33 heavy (non-hydrogen) atoms. The van der Waals surface area contributed by atoms with Gasteiger partial charge in [0, 0.05) is 22.9 Å². The molecule has 0 bridgehead atoms. The Bertz CT molecular complexity index is 1330. The van der Waals surface area contributed by atoms with Gasteiger partial charge >= 0.3 is 0 Å². The molecule has 6 nitrogen and oxygen atoms in total. The van der Waals surface area contributed by atoms with Crippen LogP contribution in [0.1, 0.15) is 12.5 Å². The van der Waals surface area contributed by atoms with Crippen molar-refractivity contribution < 1.29 is 18.7 Å². The number of halogens is 1. The van der Waals surface area contributed by atoms with Crippen LogP contribution in [0, 0.1) is 5.82 Å². The maximum atomic E-state index is 13.3. The van der Waals surface area contributed by atoms with Gasteiger partial charge in [0.1, 0.15) is 16.5 Å². The predicted molar refractivity (Wildman–Crippen MR) is 125 cm³/mol. The highest BCUT2D eigenvalue weighted by Crippen LogP contribution is 2.34. The molecule has 1 amide bonds. The highest BCUT2D eigenvalue weighted by Gasteiger charge is 2.19. The SMILES string of the molecule is CC(Sc1nnc(-c2ccc(F)cc2)c2ccccc12)C(=O)NCc1ccc2c(c1)OCO2. The van der Waals surface area contributed by atoms with Crippen molar-refractivity contribution in [3.05, 3.63) is 78.1 Å². The molecule has 166 valence electrons. The molecule has 3 aromatic carbocycles. The third-order valence-corrected chi connectivity index (χ3v) is 6.42. The zero-order chi connectivity index (χ0) is 22.8. The van der Waals surface area contributed by atoms with Gasteiger partial charge in [-0.2, -0.15) is 0 Å². The van der Waals surface area contributed by atoms with Gasteiger partial charge in [-0.05, 0) is 48.9 Å². The van der Waals surface area contributed by atoms with Crippen molar-refractivity contribution in [3.8, 4) is 22.8 Å². The van der Waals surface area contributed by atoms with Crippen LogP contribution in [-0.2, 0) is 11.3 Å². The van der Waals surface area contributed by atoms with E-state index in [0.29, 0.717) is 28.8 Å². The van der Waals surface area contributed by atoms with E-state index in [1.165, 1.54) is 23.9 Å². The number of hydrogen-bond acceptors (Lipinski definition) is 6. The van der Waals surface area contributed by atoms with E-state index >= 15 is 0 Å². The summed E-state index contributed by atoms with van der Waals surface area (Å²) in [6, 6.07) is 19.5. The highest BCUT2D eigenvalue weighted by molar-refractivity contribution is 8.00. The summed E-state index contributed by atoms with van der Waals surface area (Å²) >= 11 is 1.35. The molecule has 5 rings (SSSR count). The molecule has 1 aliphatic heterocycles. The van der Waals surface area contributed by atoms with Gasteiger partial charge in [-0.3, -0.25) is 4.79 Å². The van der Waals surface area contributed by atoms with Crippen LogP contribution in [-0.4, -0.2) is 28.1 Å². The van der Waals surface area contributed by atoms with E-state index in [-0.39, 0.29) is 23.8 Å². The normalized spacial score (nSPS) is 13.2. The molecule has 0 aliphatic carbocycles. The molecule has 1 atom stereocenters. The number of thioether (sulfide) groups is 1. The molecular weight excluding hydrogens is 441 g/mol. The highest BCUT2D eigenvalue weighted by atomic mass is 32.2. The van der Waals surface area contributed by atoms with Crippen molar-refractivity contribution in [2.45, 2.75) is 23.7 Å². The number of nitrogens with zero attached hydrogens (tertiary/aromatic N) is 2. The lowest BCUT2D eigenvalue weighted by Gasteiger charge is -2.14. The number of rotatable bonds is 6. The fourth-order valence-electron chi connectivity index (χ4n) is 3.59. The smallest absolute Gasteiger partial charge is 0.233 e. The summed E-state index contributed by atoms with van der Waals surface area (Å²) in [5.41, 5.74) is 2.39. The molecule has 1 N–H and O–H groups in total. The number of aromatic nitrogens is 2. The number of carbonyl (C=O) groups is 1. The molecule has 0 fully saturated rings. The van der Waals surface area contributed by atoms with Gasteiger partial charge in [0.2, 0.25) is 12.7 Å². The Hall–Kier alpha value is -3.65. The number of fused-ring (bicyclic) bond motifs is 2. The molecule has 8 heteroatoms. The summed E-state index contributed by atoms with van der Waals surface area (Å²) in [6.45, 7) is 2.44. The van der Waals surface area contributed by atoms with E-state index in [4.69, 9.17) is 9.47 Å². The van der Waals surface area contributed by atoms with Crippen molar-refractivity contribution in [2.24, 2.45) is 0 Å². The lowest BCUT2D eigenvalue weighted by Crippen LogP contribution is -2.30. The zero-order valence-corrected chi connectivity index (χ0v) is 18.6. The van der Waals surface area contributed by atoms with Crippen LogP contribution in [0.25, 0.3) is 22.0 Å². The van der Waals surface area contributed by atoms with Crippen molar-refractivity contribution in [3.63, 3.8) is 0 Å². The number of benzene rings is 3. The van der Waals surface area contributed by atoms with Gasteiger partial charge in [-0.25, -0.2) is 4.39 Å². The second-order valence-electron chi connectivity index (χ2n) is 7.57. The number of ether oxygens (including phenoxy) is 2. The third-order valence-electron chi connectivity index (χ3n) is 5.33. The van der Waals surface area contributed by atoms with Crippen LogP contribution in [0.15, 0.2) is 71.8 Å². The largest absolute Gasteiger partial charge is 0.454 e. The van der Waals surface area contributed by atoms with Crippen molar-refractivity contribution in [1.29, 1.82) is 0 Å². The van der Waals surface area contributed by atoms with Gasteiger partial charge in [0.15, 0.2) is 11.5 Å². The van der Waals surface area contributed by atoms with Gasteiger partial charge in [-0.1, -0.05) is 42.1 Å². The second kappa shape index (κ2) is 9.07. The Labute approximate surface area is 194 Å². The molecule has 0 saturated carbocycles. The van der Waals surface area contributed by atoms with E-state index in [1.54, 1.807) is 12.1 Å². The van der Waals surface area contributed by atoms with Crippen LogP contribution in [0.4, 0.5) is 4.39 Å². The third kappa shape index (κ3) is 4.47. The van der Waals surface area contributed by atoms with E-state index in [9.17, 15) is 9.18 Å². The first-order chi connectivity index (χ1) is 16.1. The van der Waals surface area contributed by atoms with E-state index < -0.39 is 0 Å². The maximum Gasteiger partial charge on any atom is 0.233 e. The molecule has 4 aromatic rings. The van der Waals surface area contributed by atoms with E-state index in [0.717, 1.165) is 21.9 Å². The minimum Gasteiger partial charge on any atom is -0.454 e. The average Bonchev–Trinajstić information content (AvgIpc) is 3.31. The standard InChI is InChI=1S/C25H20FN3O3S/c1-15(24(30)27-13-16-6-11-21-22(12-16)32-14-31-21)33-25-20-5-3-2-4-19(20)23(28-29-25)17-7-9-18(26)10-8-17/h2-12,15H,13-14H2,1H3,(H,27,30). The van der Waals surface area contributed by atoms with Crippen molar-refractivity contribution in [1.82, 2.24) is 15.5 Å². The van der Waals surface area contributed by atoms with E-state index in [1.807, 2.05) is 49.4 Å². The van der Waals surface area contributed by atoms with Gasteiger partial charge < -0.3 is 14.8 Å². The first-order valence-corrected chi connectivity index (χ1v) is 11.3. The Morgan fingerprint density at radius 3 is 2.61 bits per heavy atom. The quantitative estimate of drug-likeness (QED) is 0.409. The molecule has 0 saturated heterocycles. The number of nitrogens with one attached hydrogen (secondary N) is 1. The van der Waals surface area contributed by atoms with Crippen molar-refractivity contribution >= 4 is 28.4 Å². The summed E-state index contributed by atoms with van der Waals surface area (Å²) < 4.78 is 24.0. The predicted octanol–water partition coefficient (Wildman–Crippen LogP) is 4.96. The topological polar surface area (TPSA) is 73.3 Å². The van der Waals surface area contributed by atoms with E-state index in [2.05, 4.69) is 15.5 Å². The summed E-state index contributed by atoms with van der Waals surface area (Å²) in [6.07, 6.45) is 0. The minimum absolute atomic E-state index is 0.105. The van der Waals surface area contributed by atoms with Crippen LogP contribution in [0.5, 0.6) is 11.5 Å². The molecule has 0 spiro atoms. The lowest BCUT2D eigenvalue weighted by molar-refractivity contribution is -0.120. The Morgan fingerprint density at radius 1 is 1.03 bits per heavy atom. The number of carbonyl (C=O) groups excluding carboxylic acids is 1. The molecule has 1 aliphatic rings. The fraction of sp³-hybridized carbons (Fsp3) is 0.160. The maximum absolute atomic E-state index is 13.3. The van der Waals surface area contributed by atoms with Crippen LogP contribution in [0.2, 0.25) is 0 Å². The van der Waals surface area contributed by atoms with Crippen molar-refractivity contribution in [2.75, 3.05) is 6.79 Å². The summed E-state index contributed by atoms with van der Waals surface area (Å²) in [7, 11) is 0. The van der Waals surface area contributed by atoms with Crippen LogP contribution >= 0.6 is 11.8 Å². The summed E-state index contributed by atoms with van der Waals surface area (Å²) in [5, 5.41) is 13.8. The number of hydrogen-bond donors (Lipinski definition) is 1. The first kappa shape index (κ1) is 21.2. The molecule has 1 aromatic heterocycles. The Balaban J connectivity index is 1.31. The fourth-order valence-corrected chi connectivity index (χ4v) is 4.51. The lowest BCUT2D eigenvalue weighted by atomic mass is 10.1. The van der Waals surface area contributed by atoms with Crippen LogP contribution in [0.3, 0.4) is 0 Å². The monoisotopic (exact) mass is 461 g/mol. The zero-order valence-electron chi connectivity index (χ0n) is 17.7. The Kier molecular flexibility index (Phi) is 5.83. The first-order valence-electron chi connectivity index (χ1n) is 10.4. The summed E-state index contributed by atoms with van der Waals surface area (Å²) in [4.78, 5) is 12.7. The molecular formula is C25H20FN3O3S. The van der Waals surface area contributed by atoms with Gasteiger partial charge in [0.05, 0.1) is 5.25 Å². The Morgan fingerprint density at radius 2 is 1.79 bits per heavy atom. The summed E-state index contributed by atoms with van der Waals surface area (Å²) in [5.74, 6) is 0.991. The van der Waals surface area contributed by atoms with Gasteiger partial charge in [-0.15, -0.1) is 10.2 Å².